The molecule has 13 nitrogen and oxygen atoms in total. The van der Waals surface area contributed by atoms with Gasteiger partial charge in [0.1, 0.15) is 18.1 Å². The highest BCUT2D eigenvalue weighted by Crippen LogP contribution is 2.22. The average Bonchev–Trinajstić information content (AvgIpc) is 3.40. The molecule has 13 heteroatoms. The number of Topliss-reactive ketones (excluding diaryl/α,β-unsaturated/α-hetero) is 1. The highest BCUT2D eigenvalue weighted by Gasteiger charge is 2.46. The van der Waals surface area contributed by atoms with Crippen LogP contribution in [0.4, 0.5) is 5.69 Å². The minimum atomic E-state index is -1.78. The molecule has 0 aromatic heterocycles. The summed E-state index contributed by atoms with van der Waals surface area (Å²) in [4.78, 5) is 89.5. The van der Waals surface area contributed by atoms with Crippen molar-refractivity contribution in [3.05, 3.63) is 35.2 Å². The summed E-state index contributed by atoms with van der Waals surface area (Å²) in [5.41, 5.74) is -1.53. The lowest BCUT2D eigenvalue weighted by molar-refractivity contribution is -0.147. The molecule has 39 heavy (non-hydrogen) atoms. The van der Waals surface area contributed by atoms with Gasteiger partial charge in [-0.2, -0.15) is 5.01 Å². The Balaban J connectivity index is 1.69. The van der Waals surface area contributed by atoms with Gasteiger partial charge in [-0.1, -0.05) is 32.0 Å². The number of rotatable bonds is 9. The Morgan fingerprint density at radius 3 is 2.36 bits per heavy atom. The molecule has 3 N–H and O–H groups in total. The van der Waals surface area contributed by atoms with Gasteiger partial charge in [0.05, 0.1) is 11.0 Å². The summed E-state index contributed by atoms with van der Waals surface area (Å²) in [6.45, 7) is 6.38. The lowest BCUT2D eigenvalue weighted by Gasteiger charge is -2.34. The Morgan fingerprint density at radius 1 is 1.08 bits per heavy atom. The predicted octanol–water partition coefficient (Wildman–Crippen LogP) is 0.575. The smallest absolute Gasteiger partial charge is 0.272 e. The molecule has 2 saturated heterocycles. The second-order valence-electron chi connectivity index (χ2n) is 10.3. The Hall–Kier alpha value is -4.16. The van der Waals surface area contributed by atoms with Crippen LogP contribution in [0, 0.1) is 10.8 Å². The molecule has 1 aromatic carbocycles. The van der Waals surface area contributed by atoms with Crippen LogP contribution in [0.1, 0.15) is 53.4 Å². The van der Waals surface area contributed by atoms with Crippen molar-refractivity contribution in [3.63, 3.8) is 0 Å². The number of nitrogens with zero attached hydrogens (tertiary/aromatic N) is 3. The lowest BCUT2D eigenvalue weighted by atomic mass is 9.88. The van der Waals surface area contributed by atoms with E-state index in [9.17, 15) is 33.7 Å². The molecule has 0 saturated carbocycles. The van der Waals surface area contributed by atoms with E-state index in [1.807, 2.05) is 0 Å². The van der Waals surface area contributed by atoms with E-state index >= 15 is 0 Å². The summed E-state index contributed by atoms with van der Waals surface area (Å²) in [6.07, 6.45) is 0.761. The zero-order valence-corrected chi connectivity index (χ0v) is 22.4. The molecule has 0 aliphatic carbocycles. The number of carbonyl (C=O) groups excluding carboxylic acids is 6. The number of nitroso groups, excluding NO2 is 1. The fraction of sp³-hybridized carbons (Fsp3) is 0.538. The second-order valence-corrected chi connectivity index (χ2v) is 10.3. The maximum atomic E-state index is 13.3. The number of carbonyl (C=O) groups is 6. The van der Waals surface area contributed by atoms with E-state index in [1.165, 1.54) is 30.9 Å². The maximum Gasteiger partial charge on any atom is 0.272 e. The predicted molar refractivity (Wildman–Crippen MR) is 140 cm³/mol. The summed E-state index contributed by atoms with van der Waals surface area (Å²) in [7, 11) is 0. The molecular formula is C26H34N6O7. The SMILES string of the molecule is CC(C)[C@H](NC(=O)[C@@H]1CCCN1C(=O)[C@H](C)NC(=O)[C@]1(C)NC(=O)CCC1=O)C(=O)N(N=O)c1ccccc1. The van der Waals surface area contributed by atoms with Gasteiger partial charge in [0, 0.05) is 19.4 Å². The third kappa shape index (κ3) is 6.29. The summed E-state index contributed by atoms with van der Waals surface area (Å²) >= 11 is 0. The van der Waals surface area contributed by atoms with Crippen molar-refractivity contribution >= 4 is 41.0 Å². The minimum Gasteiger partial charge on any atom is -0.342 e. The van der Waals surface area contributed by atoms with E-state index in [2.05, 4.69) is 21.2 Å². The molecule has 1 aromatic rings. The van der Waals surface area contributed by atoms with Gasteiger partial charge >= 0.3 is 0 Å². The third-order valence-corrected chi connectivity index (χ3v) is 7.06. The Labute approximate surface area is 226 Å². The van der Waals surface area contributed by atoms with Crippen LogP contribution in [0.25, 0.3) is 0 Å². The van der Waals surface area contributed by atoms with Gasteiger partial charge in [-0.25, -0.2) is 0 Å². The molecule has 3 rings (SSSR count). The summed E-state index contributed by atoms with van der Waals surface area (Å²) in [5.74, 6) is -3.96. The van der Waals surface area contributed by atoms with E-state index in [0.717, 1.165) is 0 Å². The van der Waals surface area contributed by atoms with Crippen LogP contribution >= 0.6 is 0 Å². The van der Waals surface area contributed by atoms with Gasteiger partial charge in [0.15, 0.2) is 11.3 Å². The average molecular weight is 543 g/mol. The number of para-hydroxylation sites is 1. The summed E-state index contributed by atoms with van der Waals surface area (Å²) < 4.78 is 0. The largest absolute Gasteiger partial charge is 0.342 e. The molecule has 0 bridgehead atoms. The van der Waals surface area contributed by atoms with Crippen LogP contribution in [0.3, 0.4) is 0 Å². The first-order valence-electron chi connectivity index (χ1n) is 12.9. The zero-order valence-electron chi connectivity index (χ0n) is 22.4. The monoisotopic (exact) mass is 542 g/mol. The fourth-order valence-electron chi connectivity index (χ4n) is 4.70. The highest BCUT2D eigenvalue weighted by molar-refractivity contribution is 6.15. The number of anilines is 1. The zero-order chi connectivity index (χ0) is 28.9. The van der Waals surface area contributed by atoms with Crippen molar-refractivity contribution in [2.24, 2.45) is 11.2 Å². The normalized spacial score (nSPS) is 22.5. The standard InChI is InChI=1S/C26H34N6O7/c1-15(2)21(24(37)32(30-39)17-9-6-5-7-10-17)28-22(35)18-11-8-14-31(18)23(36)16(3)27-25(38)26(4)19(33)12-13-20(34)29-26/h5-7,9-10,15-16,18,21H,8,11-14H2,1-4H3,(H,27,38)(H,28,35)(H,29,34)/t16-,18-,21-,26+/m0/s1. The van der Waals surface area contributed by atoms with Gasteiger partial charge < -0.3 is 20.9 Å². The van der Waals surface area contributed by atoms with Gasteiger partial charge in [-0.05, 0) is 44.7 Å². The summed E-state index contributed by atoms with van der Waals surface area (Å²) in [6, 6.07) is 4.99. The van der Waals surface area contributed by atoms with Crippen LogP contribution in [0.15, 0.2) is 35.6 Å². The Bertz CT molecular complexity index is 1160. The number of hydrogen-bond donors (Lipinski definition) is 3. The van der Waals surface area contributed by atoms with Crippen LogP contribution in [-0.4, -0.2) is 70.4 Å². The molecule has 0 spiro atoms. The molecule has 2 heterocycles. The van der Waals surface area contributed by atoms with E-state index in [4.69, 9.17) is 0 Å². The van der Waals surface area contributed by atoms with Gasteiger partial charge in [-0.3, -0.25) is 28.8 Å². The number of benzene rings is 1. The quantitative estimate of drug-likeness (QED) is 0.232. The van der Waals surface area contributed by atoms with Gasteiger partial charge in [-0.15, -0.1) is 4.91 Å². The number of hydrogen-bond acceptors (Lipinski definition) is 8. The molecule has 0 unspecified atom stereocenters. The molecule has 2 fully saturated rings. The minimum absolute atomic E-state index is 0.00729. The first-order valence-corrected chi connectivity index (χ1v) is 12.9. The van der Waals surface area contributed by atoms with Crippen molar-refractivity contribution in [1.82, 2.24) is 20.9 Å². The van der Waals surface area contributed by atoms with Crippen LogP contribution in [0.5, 0.6) is 0 Å². The van der Waals surface area contributed by atoms with E-state index in [1.54, 1.807) is 32.0 Å². The van der Waals surface area contributed by atoms with Crippen molar-refractivity contribution in [1.29, 1.82) is 0 Å². The molecular weight excluding hydrogens is 508 g/mol. The topological polar surface area (TPSA) is 174 Å². The van der Waals surface area contributed by atoms with E-state index in [-0.39, 0.29) is 25.1 Å². The van der Waals surface area contributed by atoms with Crippen LogP contribution < -0.4 is 21.0 Å². The summed E-state index contributed by atoms with van der Waals surface area (Å²) in [5, 5.41) is 11.1. The first kappa shape index (κ1) is 29.4. The molecule has 5 amide bonds. The second kappa shape index (κ2) is 12.1. The highest BCUT2D eigenvalue weighted by atomic mass is 16.3. The first-order chi connectivity index (χ1) is 18.4. The lowest BCUT2D eigenvalue weighted by Crippen LogP contribution is -2.66. The van der Waals surface area contributed by atoms with Crippen LogP contribution in [-0.2, 0) is 28.8 Å². The number of nitrogens with one attached hydrogen (secondary N) is 3. The van der Waals surface area contributed by atoms with Gasteiger partial charge in [0.25, 0.3) is 11.8 Å². The number of ketones is 1. The van der Waals surface area contributed by atoms with Crippen LogP contribution in [0.2, 0.25) is 0 Å². The maximum absolute atomic E-state index is 13.3. The van der Waals surface area contributed by atoms with Crippen molar-refractivity contribution in [2.45, 2.75) is 77.0 Å². The van der Waals surface area contributed by atoms with Crippen molar-refractivity contribution in [3.8, 4) is 0 Å². The molecule has 2 aliphatic heterocycles. The Morgan fingerprint density at radius 2 is 1.74 bits per heavy atom. The van der Waals surface area contributed by atoms with E-state index in [0.29, 0.717) is 17.9 Å². The number of piperidine rings is 1. The van der Waals surface area contributed by atoms with E-state index < -0.39 is 64.9 Å². The fourth-order valence-corrected chi connectivity index (χ4v) is 4.70. The molecule has 0 radical (unpaired) electrons. The Kier molecular flexibility index (Phi) is 9.15. The number of likely N-dealkylation sites (tertiary alicyclic amines) is 1. The molecule has 210 valence electrons. The molecule has 2 aliphatic rings. The van der Waals surface area contributed by atoms with Gasteiger partial charge in [0.2, 0.25) is 17.7 Å². The van der Waals surface area contributed by atoms with Crippen molar-refractivity contribution < 1.29 is 28.8 Å². The molecule has 4 atom stereocenters. The number of amides is 5. The van der Waals surface area contributed by atoms with Crippen molar-refractivity contribution in [2.75, 3.05) is 11.6 Å². The third-order valence-electron chi connectivity index (χ3n) is 7.06.